The molecule has 0 aromatic heterocycles. The monoisotopic (exact) mass is 430 g/mol. The first-order valence-corrected chi connectivity index (χ1v) is 10.4. The second-order valence-corrected chi connectivity index (χ2v) is 7.61. The van der Waals surface area contributed by atoms with E-state index in [1.807, 2.05) is 23.1 Å². The standard InChI is InChI=1S/C23H27ClN2O4/c1-29-20-16-18(15-19(24)22(20)30-2)23(28)26-13-11-25(12-14-26)21(27)10-6-9-17-7-4-3-5-8-17/h3-5,7-8,15-16H,6,9-14H2,1-2H3. The molecule has 7 heteroatoms. The lowest BCUT2D eigenvalue weighted by Gasteiger charge is -2.35. The molecule has 1 aliphatic rings. The van der Waals surface area contributed by atoms with Gasteiger partial charge in [0.25, 0.3) is 5.91 Å². The highest BCUT2D eigenvalue weighted by atomic mass is 35.5. The highest BCUT2D eigenvalue weighted by Crippen LogP contribution is 2.36. The van der Waals surface area contributed by atoms with Crippen molar-refractivity contribution in [2.75, 3.05) is 40.4 Å². The van der Waals surface area contributed by atoms with Gasteiger partial charge in [-0.25, -0.2) is 0 Å². The molecule has 30 heavy (non-hydrogen) atoms. The molecule has 2 aromatic rings. The molecular weight excluding hydrogens is 404 g/mol. The third-order valence-electron chi connectivity index (χ3n) is 5.30. The number of rotatable bonds is 7. The molecule has 6 nitrogen and oxygen atoms in total. The van der Waals surface area contributed by atoms with Gasteiger partial charge in [0, 0.05) is 38.2 Å². The van der Waals surface area contributed by atoms with Gasteiger partial charge >= 0.3 is 0 Å². The van der Waals surface area contributed by atoms with Crippen molar-refractivity contribution in [3.63, 3.8) is 0 Å². The molecule has 0 bridgehead atoms. The Morgan fingerprint density at radius 3 is 2.27 bits per heavy atom. The Bertz CT molecular complexity index is 880. The fraction of sp³-hybridized carbons (Fsp3) is 0.391. The first-order chi connectivity index (χ1) is 14.5. The van der Waals surface area contributed by atoms with Crippen molar-refractivity contribution >= 4 is 23.4 Å². The average Bonchev–Trinajstić information content (AvgIpc) is 2.78. The number of piperazine rings is 1. The van der Waals surface area contributed by atoms with E-state index in [9.17, 15) is 9.59 Å². The van der Waals surface area contributed by atoms with Crippen molar-refractivity contribution in [1.29, 1.82) is 0 Å². The number of hydrogen-bond donors (Lipinski definition) is 0. The number of carbonyl (C=O) groups excluding carboxylic acids is 2. The molecule has 1 aliphatic heterocycles. The van der Waals surface area contributed by atoms with Crippen LogP contribution in [0.2, 0.25) is 5.02 Å². The molecule has 0 atom stereocenters. The molecule has 1 fully saturated rings. The first kappa shape index (κ1) is 22.0. The van der Waals surface area contributed by atoms with Crippen LogP contribution in [0, 0.1) is 0 Å². The van der Waals surface area contributed by atoms with Crippen LogP contribution in [0.4, 0.5) is 0 Å². The van der Waals surface area contributed by atoms with Crippen molar-refractivity contribution in [2.24, 2.45) is 0 Å². The number of nitrogens with zero attached hydrogens (tertiary/aromatic N) is 2. The van der Waals surface area contributed by atoms with E-state index in [-0.39, 0.29) is 11.8 Å². The summed E-state index contributed by atoms with van der Waals surface area (Å²) in [4.78, 5) is 29.0. The molecule has 0 spiro atoms. The normalized spacial score (nSPS) is 13.8. The van der Waals surface area contributed by atoms with E-state index in [0.717, 1.165) is 12.8 Å². The Morgan fingerprint density at radius 2 is 1.63 bits per heavy atom. The van der Waals surface area contributed by atoms with Crippen molar-refractivity contribution in [2.45, 2.75) is 19.3 Å². The van der Waals surface area contributed by atoms with E-state index in [2.05, 4.69) is 12.1 Å². The molecule has 1 saturated heterocycles. The minimum Gasteiger partial charge on any atom is -0.493 e. The molecule has 0 saturated carbocycles. The van der Waals surface area contributed by atoms with Crippen molar-refractivity contribution in [1.82, 2.24) is 9.80 Å². The van der Waals surface area contributed by atoms with Crippen molar-refractivity contribution in [3.8, 4) is 11.5 Å². The zero-order valence-electron chi connectivity index (χ0n) is 17.4. The fourth-order valence-corrected chi connectivity index (χ4v) is 3.92. The fourth-order valence-electron chi connectivity index (χ4n) is 3.63. The Hall–Kier alpha value is -2.73. The molecule has 0 radical (unpaired) electrons. The summed E-state index contributed by atoms with van der Waals surface area (Å²) in [5, 5.41) is 0.326. The Morgan fingerprint density at radius 1 is 0.967 bits per heavy atom. The number of ether oxygens (including phenoxy) is 2. The van der Waals surface area contributed by atoms with Crippen molar-refractivity contribution in [3.05, 3.63) is 58.6 Å². The number of carbonyl (C=O) groups is 2. The molecule has 1 heterocycles. The molecule has 160 valence electrons. The summed E-state index contributed by atoms with van der Waals surface area (Å²) in [5.41, 5.74) is 1.69. The van der Waals surface area contributed by atoms with Crippen LogP contribution in [0.1, 0.15) is 28.8 Å². The summed E-state index contributed by atoms with van der Waals surface area (Å²) >= 11 is 6.23. The highest BCUT2D eigenvalue weighted by Gasteiger charge is 2.26. The summed E-state index contributed by atoms with van der Waals surface area (Å²) < 4.78 is 10.5. The minimum atomic E-state index is -0.131. The van der Waals surface area contributed by atoms with Gasteiger partial charge in [0.05, 0.1) is 19.2 Å². The van der Waals surface area contributed by atoms with Crippen LogP contribution < -0.4 is 9.47 Å². The number of hydrogen-bond acceptors (Lipinski definition) is 4. The zero-order chi connectivity index (χ0) is 21.5. The lowest BCUT2D eigenvalue weighted by molar-refractivity contribution is -0.132. The summed E-state index contributed by atoms with van der Waals surface area (Å²) in [6, 6.07) is 13.4. The number of benzene rings is 2. The van der Waals surface area contributed by atoms with Crippen LogP contribution in [0.3, 0.4) is 0 Å². The van der Waals surface area contributed by atoms with Gasteiger partial charge < -0.3 is 19.3 Å². The first-order valence-electron chi connectivity index (χ1n) is 10.1. The Labute approximate surface area is 182 Å². The van der Waals surface area contributed by atoms with Crippen molar-refractivity contribution < 1.29 is 19.1 Å². The van der Waals surface area contributed by atoms with E-state index in [1.54, 1.807) is 17.0 Å². The smallest absolute Gasteiger partial charge is 0.254 e. The molecule has 3 rings (SSSR count). The second kappa shape index (κ2) is 10.3. The quantitative estimate of drug-likeness (QED) is 0.672. The van der Waals surface area contributed by atoms with Crippen LogP contribution in [0.25, 0.3) is 0 Å². The van der Waals surface area contributed by atoms with E-state index in [1.165, 1.54) is 19.8 Å². The van der Waals surface area contributed by atoms with Gasteiger partial charge in [-0.05, 0) is 30.5 Å². The summed E-state index contributed by atoms with van der Waals surface area (Å²) in [6.07, 6.45) is 2.24. The molecule has 2 amide bonds. The predicted octanol–water partition coefficient (Wildman–Crippen LogP) is 3.66. The van der Waals surface area contributed by atoms with E-state index >= 15 is 0 Å². The second-order valence-electron chi connectivity index (χ2n) is 7.21. The third kappa shape index (κ3) is 5.25. The van der Waals surface area contributed by atoms with E-state index in [4.69, 9.17) is 21.1 Å². The molecule has 0 unspecified atom stereocenters. The van der Waals surface area contributed by atoms with Crippen LogP contribution in [0.5, 0.6) is 11.5 Å². The third-order valence-corrected chi connectivity index (χ3v) is 5.58. The van der Waals surface area contributed by atoms with Gasteiger partial charge in [-0.15, -0.1) is 0 Å². The van der Waals surface area contributed by atoms with Gasteiger partial charge in [-0.3, -0.25) is 9.59 Å². The average molecular weight is 431 g/mol. The largest absolute Gasteiger partial charge is 0.493 e. The SMILES string of the molecule is COc1cc(C(=O)N2CCN(C(=O)CCCc3ccccc3)CC2)cc(Cl)c1OC. The Kier molecular flexibility index (Phi) is 7.57. The summed E-state index contributed by atoms with van der Waals surface area (Å²) in [5.74, 6) is 0.837. The maximum atomic E-state index is 12.9. The lowest BCUT2D eigenvalue weighted by atomic mass is 10.1. The van der Waals surface area contributed by atoms with Crippen LogP contribution in [-0.2, 0) is 11.2 Å². The van der Waals surface area contributed by atoms with Gasteiger partial charge in [0.2, 0.25) is 5.91 Å². The number of aryl methyl sites for hydroxylation is 1. The van der Waals surface area contributed by atoms with E-state index in [0.29, 0.717) is 54.7 Å². The van der Waals surface area contributed by atoms with Gasteiger partial charge in [0.15, 0.2) is 11.5 Å². The maximum Gasteiger partial charge on any atom is 0.254 e. The van der Waals surface area contributed by atoms with Crippen LogP contribution in [-0.4, -0.2) is 62.0 Å². The molecule has 0 N–H and O–H groups in total. The zero-order valence-corrected chi connectivity index (χ0v) is 18.2. The highest BCUT2D eigenvalue weighted by molar-refractivity contribution is 6.32. The van der Waals surface area contributed by atoms with Gasteiger partial charge in [-0.2, -0.15) is 0 Å². The number of halogens is 1. The molecular formula is C23H27ClN2O4. The van der Waals surface area contributed by atoms with E-state index < -0.39 is 0 Å². The van der Waals surface area contributed by atoms with Crippen LogP contribution in [0.15, 0.2) is 42.5 Å². The predicted molar refractivity (Wildman–Crippen MR) is 116 cm³/mol. The number of methoxy groups -OCH3 is 2. The minimum absolute atomic E-state index is 0.131. The molecule has 2 aromatic carbocycles. The maximum absolute atomic E-state index is 12.9. The molecule has 0 aliphatic carbocycles. The van der Waals surface area contributed by atoms with Crippen LogP contribution >= 0.6 is 11.6 Å². The topological polar surface area (TPSA) is 59.1 Å². The van der Waals surface area contributed by atoms with Gasteiger partial charge in [0.1, 0.15) is 0 Å². The summed E-state index contributed by atoms with van der Waals surface area (Å²) in [6.45, 7) is 2.07. The van der Waals surface area contributed by atoms with Gasteiger partial charge in [-0.1, -0.05) is 41.9 Å². The number of amides is 2. The lowest BCUT2D eigenvalue weighted by Crippen LogP contribution is -2.50. The Balaban J connectivity index is 1.51. The summed E-state index contributed by atoms with van der Waals surface area (Å²) in [7, 11) is 3.01.